The number of hydrogen-bond donors (Lipinski definition) is 1. The lowest BCUT2D eigenvalue weighted by Gasteiger charge is -2.30. The average Bonchev–Trinajstić information content (AvgIpc) is 2.90. The number of nitrogens with one attached hydrogen (secondary N) is 1. The van der Waals surface area contributed by atoms with Gasteiger partial charge in [-0.3, -0.25) is 9.97 Å². The summed E-state index contributed by atoms with van der Waals surface area (Å²) in [6, 6.07) is 9.48. The van der Waals surface area contributed by atoms with Crippen molar-refractivity contribution in [3.8, 4) is 0 Å². The van der Waals surface area contributed by atoms with Crippen LogP contribution in [-0.4, -0.2) is 35.1 Å². The van der Waals surface area contributed by atoms with Crippen molar-refractivity contribution in [2.75, 3.05) is 13.2 Å². The highest BCUT2D eigenvalue weighted by Crippen LogP contribution is 2.39. The Morgan fingerprint density at radius 3 is 1.58 bits per heavy atom. The molecular formula is C27H29Br2N5O4. The second-order valence-corrected chi connectivity index (χ2v) is 8.03. The number of halogens is 2. The topological polar surface area (TPSA) is 98.2 Å². The van der Waals surface area contributed by atoms with E-state index in [4.69, 9.17) is 9.47 Å². The molecule has 1 N–H and O–H groups in total. The van der Waals surface area contributed by atoms with Crippen molar-refractivity contribution in [1.29, 1.82) is 0 Å². The molecule has 11 heteroatoms. The van der Waals surface area contributed by atoms with Gasteiger partial charge in [-0.1, -0.05) is 30.3 Å². The predicted molar refractivity (Wildman–Crippen MR) is 129 cm³/mol. The number of benzene rings is 1. The highest BCUT2D eigenvalue weighted by molar-refractivity contribution is 6.00. The van der Waals surface area contributed by atoms with E-state index in [-0.39, 0.29) is 47.2 Å². The van der Waals surface area contributed by atoms with Crippen LogP contribution in [0.5, 0.6) is 0 Å². The van der Waals surface area contributed by atoms with Gasteiger partial charge in [0.15, 0.2) is 37.9 Å². The Morgan fingerprint density at radius 1 is 0.763 bits per heavy atom. The minimum absolute atomic E-state index is 0. The fourth-order valence-electron chi connectivity index (χ4n) is 4.21. The molecule has 9 nitrogen and oxygen atoms in total. The summed E-state index contributed by atoms with van der Waals surface area (Å²) < 4.78 is 14.8. The average molecular weight is 647 g/mol. The summed E-state index contributed by atoms with van der Waals surface area (Å²) in [7, 11) is 0. The first-order valence-corrected chi connectivity index (χ1v) is 11.8. The second-order valence-electron chi connectivity index (χ2n) is 8.03. The van der Waals surface area contributed by atoms with Crippen LogP contribution in [-0.2, 0) is 32.2 Å². The van der Waals surface area contributed by atoms with Gasteiger partial charge < -0.3 is 48.8 Å². The highest BCUT2D eigenvalue weighted by Gasteiger charge is 2.41. The van der Waals surface area contributed by atoms with Crippen LogP contribution in [0.2, 0.25) is 0 Å². The molecule has 0 saturated carbocycles. The Kier molecular flexibility index (Phi) is 12.2. The lowest BCUT2D eigenvalue weighted by atomic mass is 9.80. The minimum Gasteiger partial charge on any atom is -1.00 e. The number of nitrogens with zero attached hydrogens (tertiary/aromatic N) is 4. The number of dihydropyridines is 1. The third-order valence-electron chi connectivity index (χ3n) is 5.71. The third kappa shape index (κ3) is 7.32. The molecule has 0 aliphatic carbocycles. The SMILES string of the molecule is CCOC(=O)C1=C(C[n+]2ccncc2)NC(C[n+]2ccncc2)=C(C(=O)OCC)C1c1ccccc1.[Br-].[Br-]. The number of ether oxygens (including phenoxy) is 2. The summed E-state index contributed by atoms with van der Waals surface area (Å²) in [5, 5.41) is 3.40. The minimum atomic E-state index is -0.680. The van der Waals surface area contributed by atoms with Crippen LogP contribution >= 0.6 is 0 Å². The molecule has 1 aliphatic rings. The molecule has 3 aromatic rings. The molecular weight excluding hydrogens is 618 g/mol. The van der Waals surface area contributed by atoms with Crippen LogP contribution in [0.4, 0.5) is 0 Å². The number of allylic oxidation sites excluding steroid dienone is 2. The smallest absolute Gasteiger partial charge is 0.337 e. The molecule has 1 aliphatic heterocycles. The number of esters is 2. The predicted octanol–water partition coefficient (Wildman–Crippen LogP) is -4.22. The number of carbonyl (C=O) groups excluding carboxylic acids is 2. The first-order chi connectivity index (χ1) is 17.6. The van der Waals surface area contributed by atoms with E-state index < -0.39 is 17.9 Å². The maximum Gasteiger partial charge on any atom is 0.337 e. The van der Waals surface area contributed by atoms with Gasteiger partial charge >= 0.3 is 11.9 Å². The van der Waals surface area contributed by atoms with Crippen LogP contribution in [0.3, 0.4) is 0 Å². The first kappa shape index (κ1) is 30.8. The van der Waals surface area contributed by atoms with Crippen LogP contribution in [0.15, 0.2) is 102 Å². The van der Waals surface area contributed by atoms with Crippen LogP contribution < -0.4 is 48.4 Å². The van der Waals surface area contributed by atoms with E-state index in [2.05, 4.69) is 15.3 Å². The quantitative estimate of drug-likeness (QED) is 0.186. The molecule has 200 valence electrons. The summed E-state index contributed by atoms with van der Waals surface area (Å²) >= 11 is 0. The summed E-state index contributed by atoms with van der Waals surface area (Å²) in [4.78, 5) is 35.1. The Balaban J connectivity index is 0.00000253. The first-order valence-electron chi connectivity index (χ1n) is 11.8. The van der Waals surface area contributed by atoms with Gasteiger partial charge in [0.2, 0.25) is 0 Å². The summed E-state index contributed by atoms with van der Waals surface area (Å²) in [6.07, 6.45) is 14.0. The molecule has 0 unspecified atom stereocenters. The monoisotopic (exact) mass is 645 g/mol. The van der Waals surface area contributed by atoms with Crippen molar-refractivity contribution in [3.63, 3.8) is 0 Å². The zero-order valence-electron chi connectivity index (χ0n) is 21.1. The van der Waals surface area contributed by atoms with Crippen LogP contribution in [0.25, 0.3) is 0 Å². The molecule has 0 bridgehead atoms. The molecule has 2 aromatic heterocycles. The maximum atomic E-state index is 13.4. The van der Waals surface area contributed by atoms with Crippen molar-refractivity contribution in [2.24, 2.45) is 0 Å². The van der Waals surface area contributed by atoms with E-state index in [1.165, 1.54) is 0 Å². The van der Waals surface area contributed by atoms with Gasteiger partial charge in [-0.2, -0.15) is 9.13 Å². The normalized spacial score (nSPS) is 13.1. The van der Waals surface area contributed by atoms with Gasteiger partial charge in [-0.25, -0.2) is 9.59 Å². The van der Waals surface area contributed by atoms with E-state index in [0.29, 0.717) is 35.6 Å². The summed E-state index contributed by atoms with van der Waals surface area (Å²) in [5.41, 5.74) is 2.81. The molecule has 0 fully saturated rings. The third-order valence-corrected chi connectivity index (χ3v) is 5.71. The number of carbonyl (C=O) groups is 2. The van der Waals surface area contributed by atoms with E-state index in [1.807, 2.05) is 64.3 Å². The Morgan fingerprint density at radius 2 is 1.18 bits per heavy atom. The van der Waals surface area contributed by atoms with Gasteiger partial charge in [0.1, 0.15) is 0 Å². The van der Waals surface area contributed by atoms with Gasteiger partial charge in [-0.05, 0) is 19.4 Å². The molecule has 4 rings (SSSR count). The lowest BCUT2D eigenvalue weighted by molar-refractivity contribution is -0.692. The molecule has 0 radical (unpaired) electrons. The summed E-state index contributed by atoms with van der Waals surface area (Å²) in [5.74, 6) is -1.65. The number of hydrogen-bond acceptors (Lipinski definition) is 7. The molecule has 0 amide bonds. The molecule has 38 heavy (non-hydrogen) atoms. The summed E-state index contributed by atoms with van der Waals surface area (Å²) in [6.45, 7) is 4.63. The fraction of sp³-hybridized carbons (Fsp3) is 0.259. The van der Waals surface area contributed by atoms with Gasteiger partial charge in [0, 0.05) is 0 Å². The number of aromatic nitrogens is 4. The van der Waals surface area contributed by atoms with Crippen LogP contribution in [0, 0.1) is 0 Å². The Hall–Kier alpha value is -3.44. The maximum absolute atomic E-state index is 13.4. The molecule has 0 spiro atoms. The zero-order chi connectivity index (χ0) is 25.3. The van der Waals surface area contributed by atoms with Crippen LogP contribution in [0.1, 0.15) is 25.3 Å². The van der Waals surface area contributed by atoms with Crippen molar-refractivity contribution in [3.05, 3.63) is 108 Å². The largest absolute Gasteiger partial charge is 1.00 e. The highest BCUT2D eigenvalue weighted by atomic mass is 79.9. The van der Waals surface area contributed by atoms with E-state index in [1.54, 1.807) is 38.6 Å². The van der Waals surface area contributed by atoms with Crippen molar-refractivity contribution in [2.45, 2.75) is 32.9 Å². The van der Waals surface area contributed by atoms with E-state index in [9.17, 15) is 9.59 Å². The standard InChI is InChI=1S/C27H28N5O4.2BrH/c1-3-35-26(33)24-21(18-31-14-10-28-11-15-31)30-22(19-32-16-12-29-13-17-32)25(27(34)36-4-2)23(24)20-8-6-5-7-9-20;;/h5-17,23H,3-4,18-19H2,1-2H3;2*1H/q+1;;/p-1. The van der Waals surface area contributed by atoms with Crippen molar-refractivity contribution < 1.29 is 62.2 Å². The van der Waals surface area contributed by atoms with Gasteiger partial charge in [0.05, 0.1) is 66.5 Å². The molecule has 1 aromatic carbocycles. The molecule has 0 atom stereocenters. The second kappa shape index (κ2) is 15.1. The Labute approximate surface area is 242 Å². The van der Waals surface area contributed by atoms with Gasteiger partial charge in [-0.15, -0.1) is 0 Å². The zero-order valence-corrected chi connectivity index (χ0v) is 24.3. The van der Waals surface area contributed by atoms with E-state index >= 15 is 0 Å². The fourth-order valence-corrected chi connectivity index (χ4v) is 4.21. The lowest BCUT2D eigenvalue weighted by Crippen LogP contribution is -3.00. The molecule has 0 saturated heterocycles. The van der Waals surface area contributed by atoms with Gasteiger partial charge in [0.25, 0.3) is 0 Å². The molecule has 3 heterocycles. The number of rotatable bonds is 9. The van der Waals surface area contributed by atoms with Crippen molar-refractivity contribution in [1.82, 2.24) is 15.3 Å². The Bertz CT molecular complexity index is 1190. The van der Waals surface area contributed by atoms with E-state index in [0.717, 1.165) is 5.56 Å². The van der Waals surface area contributed by atoms with Crippen molar-refractivity contribution >= 4 is 11.9 Å².